The van der Waals surface area contributed by atoms with E-state index in [4.69, 9.17) is 4.74 Å². The number of aromatic amines is 1. The molecule has 8 heteroatoms. The highest BCUT2D eigenvalue weighted by atomic mass is 16.5. The summed E-state index contributed by atoms with van der Waals surface area (Å²) < 4.78 is 4.95. The highest BCUT2D eigenvalue weighted by Gasteiger charge is 2.39. The van der Waals surface area contributed by atoms with Gasteiger partial charge in [0.2, 0.25) is 5.91 Å². The normalized spacial score (nSPS) is 18.2. The Kier molecular flexibility index (Phi) is 6.08. The fourth-order valence-electron chi connectivity index (χ4n) is 3.89. The summed E-state index contributed by atoms with van der Waals surface area (Å²) in [5.74, 6) is 0.715. The summed E-state index contributed by atoms with van der Waals surface area (Å²) in [6, 6.07) is 16.9. The second kappa shape index (κ2) is 9.09. The van der Waals surface area contributed by atoms with Crippen molar-refractivity contribution in [2.75, 3.05) is 26.8 Å². The van der Waals surface area contributed by atoms with Crippen LogP contribution in [0.4, 0.5) is 0 Å². The van der Waals surface area contributed by atoms with Gasteiger partial charge in [0.1, 0.15) is 12.4 Å². The Bertz CT molecular complexity index is 1070. The van der Waals surface area contributed by atoms with Crippen molar-refractivity contribution in [2.45, 2.75) is 18.9 Å². The summed E-state index contributed by atoms with van der Waals surface area (Å²) >= 11 is 0. The number of benzene rings is 2. The first-order valence-corrected chi connectivity index (χ1v) is 10.2. The quantitative estimate of drug-likeness (QED) is 0.638. The molecule has 2 atom stereocenters. The van der Waals surface area contributed by atoms with E-state index < -0.39 is 0 Å². The number of likely N-dealkylation sites (tertiary alicyclic amines) is 1. The minimum absolute atomic E-state index is 0.0410. The third-order valence-corrected chi connectivity index (χ3v) is 5.38. The number of hydrogen-bond acceptors (Lipinski definition) is 5. The number of carbonyl (C=O) groups is 2. The Labute approximate surface area is 180 Å². The molecule has 0 bridgehead atoms. The van der Waals surface area contributed by atoms with E-state index in [1.54, 1.807) is 4.90 Å². The van der Waals surface area contributed by atoms with E-state index in [-0.39, 0.29) is 30.4 Å². The SMILES string of the molecule is COCC(=O)NC1CN(C(=O)c2cccc(C)c2)CC1c1nc(-c2ccccc2)n[nH]1. The molecule has 1 fully saturated rings. The van der Waals surface area contributed by atoms with Crippen molar-refractivity contribution in [3.05, 3.63) is 71.5 Å². The third-order valence-electron chi connectivity index (χ3n) is 5.38. The number of aromatic nitrogens is 3. The van der Waals surface area contributed by atoms with Crippen LogP contribution < -0.4 is 5.32 Å². The van der Waals surface area contributed by atoms with E-state index in [9.17, 15) is 9.59 Å². The lowest BCUT2D eigenvalue weighted by Gasteiger charge is -2.18. The van der Waals surface area contributed by atoms with Crippen LogP contribution in [0.25, 0.3) is 11.4 Å². The highest BCUT2D eigenvalue weighted by Crippen LogP contribution is 2.28. The molecular formula is C23H25N5O3. The maximum absolute atomic E-state index is 13.1. The molecule has 31 heavy (non-hydrogen) atoms. The molecule has 160 valence electrons. The summed E-state index contributed by atoms with van der Waals surface area (Å²) in [6.45, 7) is 2.72. The van der Waals surface area contributed by atoms with E-state index in [1.807, 2.05) is 61.5 Å². The number of nitrogens with zero attached hydrogens (tertiary/aromatic N) is 3. The molecule has 2 unspecified atom stereocenters. The molecule has 0 radical (unpaired) electrons. The lowest BCUT2D eigenvalue weighted by molar-refractivity contribution is -0.125. The summed E-state index contributed by atoms with van der Waals surface area (Å²) in [6.07, 6.45) is 0. The zero-order valence-corrected chi connectivity index (χ0v) is 17.5. The first kappa shape index (κ1) is 20.7. The zero-order chi connectivity index (χ0) is 21.8. The number of carbonyl (C=O) groups excluding carboxylic acids is 2. The number of H-pyrrole nitrogens is 1. The van der Waals surface area contributed by atoms with Crippen molar-refractivity contribution in [3.8, 4) is 11.4 Å². The van der Waals surface area contributed by atoms with Crippen molar-refractivity contribution < 1.29 is 14.3 Å². The summed E-state index contributed by atoms with van der Waals surface area (Å²) in [4.78, 5) is 31.7. The Morgan fingerprint density at radius 3 is 2.71 bits per heavy atom. The van der Waals surface area contributed by atoms with Crippen molar-refractivity contribution >= 4 is 11.8 Å². The van der Waals surface area contributed by atoms with Crippen LogP contribution in [-0.4, -0.2) is 64.7 Å². The molecule has 2 amide bonds. The number of amides is 2. The molecule has 2 N–H and O–H groups in total. The van der Waals surface area contributed by atoms with Gasteiger partial charge in [0.05, 0.1) is 12.0 Å². The van der Waals surface area contributed by atoms with Crippen LogP contribution in [0.3, 0.4) is 0 Å². The minimum Gasteiger partial charge on any atom is -0.375 e. The average molecular weight is 419 g/mol. The van der Waals surface area contributed by atoms with Gasteiger partial charge in [-0.25, -0.2) is 4.98 Å². The second-order valence-electron chi connectivity index (χ2n) is 7.70. The molecule has 4 rings (SSSR count). The van der Waals surface area contributed by atoms with Gasteiger partial charge in [-0.3, -0.25) is 14.7 Å². The zero-order valence-electron chi connectivity index (χ0n) is 17.5. The molecule has 1 saturated heterocycles. The fraction of sp³-hybridized carbons (Fsp3) is 0.304. The smallest absolute Gasteiger partial charge is 0.253 e. The predicted molar refractivity (Wildman–Crippen MR) is 115 cm³/mol. The summed E-state index contributed by atoms with van der Waals surface area (Å²) in [5.41, 5.74) is 2.55. The van der Waals surface area contributed by atoms with Gasteiger partial charge in [0.15, 0.2) is 5.82 Å². The molecule has 1 aliphatic rings. The lowest BCUT2D eigenvalue weighted by atomic mass is 10.0. The van der Waals surface area contributed by atoms with Crippen molar-refractivity contribution in [1.29, 1.82) is 0 Å². The van der Waals surface area contributed by atoms with Crippen molar-refractivity contribution in [1.82, 2.24) is 25.4 Å². The maximum atomic E-state index is 13.1. The molecule has 3 aromatic rings. The second-order valence-corrected chi connectivity index (χ2v) is 7.70. The monoisotopic (exact) mass is 419 g/mol. The van der Waals surface area contributed by atoms with Gasteiger partial charge in [-0.1, -0.05) is 48.0 Å². The topological polar surface area (TPSA) is 100 Å². The molecule has 1 aromatic heterocycles. The average Bonchev–Trinajstić information content (AvgIpc) is 3.41. The largest absolute Gasteiger partial charge is 0.375 e. The Morgan fingerprint density at radius 1 is 1.16 bits per heavy atom. The number of nitrogens with one attached hydrogen (secondary N) is 2. The molecule has 2 heterocycles. The van der Waals surface area contributed by atoms with Gasteiger partial charge in [-0.2, -0.15) is 5.10 Å². The molecule has 2 aromatic carbocycles. The molecule has 0 aliphatic carbocycles. The van der Waals surface area contributed by atoms with Gasteiger partial charge >= 0.3 is 0 Å². The highest BCUT2D eigenvalue weighted by molar-refractivity contribution is 5.94. The number of rotatable bonds is 6. The Morgan fingerprint density at radius 2 is 1.97 bits per heavy atom. The van der Waals surface area contributed by atoms with E-state index in [0.29, 0.717) is 30.3 Å². The van der Waals surface area contributed by atoms with Crippen LogP contribution in [-0.2, 0) is 9.53 Å². The lowest BCUT2D eigenvalue weighted by Crippen LogP contribution is -2.42. The standard InChI is InChI=1S/C23H25N5O3/c1-15-7-6-10-17(11-15)23(30)28-12-18(19(13-28)24-20(29)14-31-2)22-25-21(26-27-22)16-8-4-3-5-9-16/h3-11,18-19H,12-14H2,1-2H3,(H,24,29)(H,25,26,27). The Balaban J connectivity index is 1.58. The van der Waals surface area contributed by atoms with Crippen molar-refractivity contribution in [2.24, 2.45) is 0 Å². The number of methoxy groups -OCH3 is 1. The first-order valence-electron chi connectivity index (χ1n) is 10.2. The van der Waals surface area contributed by atoms with Crippen LogP contribution in [0.5, 0.6) is 0 Å². The van der Waals surface area contributed by atoms with Gasteiger partial charge < -0.3 is 15.0 Å². The summed E-state index contributed by atoms with van der Waals surface area (Å²) in [5, 5.41) is 10.3. The number of ether oxygens (including phenoxy) is 1. The van der Waals surface area contributed by atoms with Gasteiger partial charge in [0, 0.05) is 31.3 Å². The van der Waals surface area contributed by atoms with Crippen LogP contribution in [0, 0.1) is 6.92 Å². The van der Waals surface area contributed by atoms with Crippen LogP contribution in [0.15, 0.2) is 54.6 Å². The van der Waals surface area contributed by atoms with Crippen LogP contribution in [0.1, 0.15) is 27.7 Å². The van der Waals surface area contributed by atoms with Gasteiger partial charge in [-0.15, -0.1) is 0 Å². The maximum Gasteiger partial charge on any atom is 0.253 e. The first-order chi connectivity index (χ1) is 15.0. The molecule has 0 saturated carbocycles. The molecule has 0 spiro atoms. The fourth-order valence-corrected chi connectivity index (χ4v) is 3.89. The molecule has 1 aliphatic heterocycles. The molecule has 8 nitrogen and oxygen atoms in total. The van der Waals surface area contributed by atoms with Crippen LogP contribution in [0.2, 0.25) is 0 Å². The van der Waals surface area contributed by atoms with E-state index in [2.05, 4.69) is 20.5 Å². The van der Waals surface area contributed by atoms with Crippen LogP contribution >= 0.6 is 0 Å². The number of aryl methyl sites for hydroxylation is 1. The van der Waals surface area contributed by atoms with Crippen molar-refractivity contribution in [3.63, 3.8) is 0 Å². The predicted octanol–water partition coefficient (Wildman–Crippen LogP) is 2.15. The van der Waals surface area contributed by atoms with E-state index in [0.717, 1.165) is 11.1 Å². The van der Waals surface area contributed by atoms with Gasteiger partial charge in [0.25, 0.3) is 5.91 Å². The van der Waals surface area contributed by atoms with E-state index >= 15 is 0 Å². The minimum atomic E-state index is -0.298. The molecular weight excluding hydrogens is 394 g/mol. The number of hydrogen-bond donors (Lipinski definition) is 2. The van der Waals surface area contributed by atoms with E-state index in [1.165, 1.54) is 7.11 Å². The Hall–Kier alpha value is -3.52. The third kappa shape index (κ3) is 4.64. The van der Waals surface area contributed by atoms with Gasteiger partial charge in [-0.05, 0) is 19.1 Å². The summed E-state index contributed by atoms with van der Waals surface area (Å²) in [7, 11) is 1.47.